The second-order valence-electron chi connectivity index (χ2n) is 2.27. The van der Waals surface area contributed by atoms with Crippen LogP contribution in [0.4, 0.5) is 5.69 Å². The Morgan fingerprint density at radius 3 is 2.46 bits per heavy atom. The van der Waals surface area contributed by atoms with Crippen molar-refractivity contribution in [2.24, 2.45) is 0 Å². The van der Waals surface area contributed by atoms with Crippen molar-refractivity contribution in [3.63, 3.8) is 0 Å². The van der Waals surface area contributed by atoms with E-state index in [1.807, 2.05) is 0 Å². The lowest BCUT2D eigenvalue weighted by atomic mass is 10.2. The molecule has 0 aliphatic heterocycles. The second-order valence-corrected chi connectivity index (χ2v) is 2.27. The third-order valence-corrected chi connectivity index (χ3v) is 1.47. The van der Waals surface area contributed by atoms with Gasteiger partial charge in [0.15, 0.2) is 17.2 Å². The second kappa shape index (κ2) is 3.18. The van der Waals surface area contributed by atoms with Gasteiger partial charge in [-0.3, -0.25) is 10.1 Å². The molecule has 0 fully saturated rings. The molecular weight excluding hydrogens is 178 g/mol. The molecule has 0 radical (unpaired) electrons. The van der Waals surface area contributed by atoms with E-state index in [-0.39, 0.29) is 11.5 Å². The first kappa shape index (κ1) is 9.11. The van der Waals surface area contributed by atoms with Gasteiger partial charge in [-0.25, -0.2) is 0 Å². The number of aromatic hydroxyl groups is 2. The molecule has 2 N–H and O–H groups in total. The normalized spacial score (nSPS) is 9.62. The first-order valence-electron chi connectivity index (χ1n) is 3.30. The molecular formula is C7H7NO5. The van der Waals surface area contributed by atoms with E-state index >= 15 is 0 Å². The van der Waals surface area contributed by atoms with E-state index in [9.17, 15) is 10.1 Å². The van der Waals surface area contributed by atoms with Crippen LogP contribution < -0.4 is 4.74 Å². The van der Waals surface area contributed by atoms with Crippen LogP contribution in [0.2, 0.25) is 0 Å². The number of nitro benzene ring substituents is 1. The molecule has 0 aliphatic rings. The number of hydrogen-bond donors (Lipinski definition) is 2. The van der Waals surface area contributed by atoms with Crippen molar-refractivity contribution < 1.29 is 19.9 Å². The van der Waals surface area contributed by atoms with Crippen molar-refractivity contribution in [1.29, 1.82) is 0 Å². The van der Waals surface area contributed by atoms with Crippen molar-refractivity contribution in [3.8, 4) is 17.2 Å². The van der Waals surface area contributed by atoms with E-state index in [1.54, 1.807) is 0 Å². The maximum absolute atomic E-state index is 10.3. The average molecular weight is 185 g/mol. The van der Waals surface area contributed by atoms with Gasteiger partial charge in [0.2, 0.25) is 0 Å². The van der Waals surface area contributed by atoms with Crippen LogP contribution in [0.15, 0.2) is 12.1 Å². The monoisotopic (exact) mass is 185 g/mol. The maximum Gasteiger partial charge on any atom is 0.314 e. The summed E-state index contributed by atoms with van der Waals surface area (Å²) < 4.78 is 4.63. The highest BCUT2D eigenvalue weighted by molar-refractivity contribution is 5.56. The first-order valence-corrected chi connectivity index (χ1v) is 3.30. The third kappa shape index (κ3) is 1.61. The van der Waals surface area contributed by atoms with E-state index in [1.165, 1.54) is 7.11 Å². The zero-order chi connectivity index (χ0) is 10.0. The van der Waals surface area contributed by atoms with E-state index in [0.29, 0.717) is 0 Å². The summed E-state index contributed by atoms with van der Waals surface area (Å²) >= 11 is 0. The molecule has 0 heterocycles. The largest absolute Gasteiger partial charge is 0.504 e. The van der Waals surface area contributed by atoms with E-state index in [0.717, 1.165) is 12.1 Å². The molecule has 0 aromatic heterocycles. The zero-order valence-corrected chi connectivity index (χ0v) is 6.72. The number of nitro groups is 1. The van der Waals surface area contributed by atoms with Gasteiger partial charge in [-0.15, -0.1) is 0 Å². The average Bonchev–Trinajstić information content (AvgIpc) is 2.07. The van der Waals surface area contributed by atoms with Gasteiger partial charge < -0.3 is 14.9 Å². The topological polar surface area (TPSA) is 92.8 Å². The summed E-state index contributed by atoms with van der Waals surface area (Å²) in [4.78, 5) is 9.47. The summed E-state index contributed by atoms with van der Waals surface area (Å²) in [5, 5.41) is 28.5. The summed E-state index contributed by atoms with van der Waals surface area (Å²) in [7, 11) is 1.28. The fourth-order valence-corrected chi connectivity index (χ4v) is 0.856. The van der Waals surface area contributed by atoms with Crippen LogP contribution in [0.25, 0.3) is 0 Å². The molecule has 1 rings (SSSR count). The lowest BCUT2D eigenvalue weighted by Gasteiger charge is -2.03. The van der Waals surface area contributed by atoms with Crippen LogP contribution >= 0.6 is 0 Å². The highest BCUT2D eigenvalue weighted by atomic mass is 16.6. The van der Waals surface area contributed by atoms with Crippen LogP contribution in [-0.4, -0.2) is 22.2 Å². The number of methoxy groups -OCH3 is 1. The Kier molecular flexibility index (Phi) is 2.23. The van der Waals surface area contributed by atoms with Crippen molar-refractivity contribution in [3.05, 3.63) is 22.2 Å². The molecule has 1 aromatic carbocycles. The minimum atomic E-state index is -0.797. The molecule has 0 aliphatic carbocycles. The quantitative estimate of drug-likeness (QED) is 0.407. The molecule has 1 aromatic rings. The Balaban J connectivity index is 3.28. The van der Waals surface area contributed by atoms with Crippen LogP contribution in [0, 0.1) is 10.1 Å². The lowest BCUT2D eigenvalue weighted by Crippen LogP contribution is -1.90. The minimum absolute atomic E-state index is 0.0110. The Bertz CT molecular complexity index is 349. The summed E-state index contributed by atoms with van der Waals surface area (Å²) in [6, 6.07) is 1.81. The van der Waals surface area contributed by atoms with Gasteiger partial charge >= 0.3 is 5.69 Å². The van der Waals surface area contributed by atoms with E-state index in [4.69, 9.17) is 10.2 Å². The highest BCUT2D eigenvalue weighted by Gasteiger charge is 2.17. The first-order chi connectivity index (χ1) is 6.06. The summed E-state index contributed by atoms with van der Waals surface area (Å²) in [6.07, 6.45) is 0. The highest BCUT2D eigenvalue weighted by Crippen LogP contribution is 2.37. The molecule has 70 valence electrons. The molecule has 0 saturated heterocycles. The SMILES string of the molecule is COc1cc(O)c([N+](=O)[O-])cc1O. The molecule has 0 spiro atoms. The van der Waals surface area contributed by atoms with Crippen molar-refractivity contribution >= 4 is 5.69 Å². The lowest BCUT2D eigenvalue weighted by molar-refractivity contribution is -0.386. The van der Waals surface area contributed by atoms with Crippen LogP contribution in [0.3, 0.4) is 0 Å². The predicted octanol–water partition coefficient (Wildman–Crippen LogP) is 1.01. The van der Waals surface area contributed by atoms with Gasteiger partial charge in [0.25, 0.3) is 0 Å². The third-order valence-electron chi connectivity index (χ3n) is 1.47. The predicted molar refractivity (Wildman–Crippen MR) is 43.0 cm³/mol. The fraction of sp³-hybridized carbons (Fsp3) is 0.143. The molecule has 0 unspecified atom stereocenters. The molecule has 0 saturated carbocycles. The van der Waals surface area contributed by atoms with Crippen LogP contribution in [0.1, 0.15) is 0 Å². The van der Waals surface area contributed by atoms with Gasteiger partial charge in [-0.2, -0.15) is 0 Å². The van der Waals surface area contributed by atoms with Crippen molar-refractivity contribution in [1.82, 2.24) is 0 Å². The summed E-state index contributed by atoms with van der Waals surface area (Å²) in [5.41, 5.74) is -0.557. The molecule has 0 bridgehead atoms. The number of phenolic OH excluding ortho intramolecular Hbond substituents is 2. The van der Waals surface area contributed by atoms with E-state index in [2.05, 4.69) is 4.74 Å². The minimum Gasteiger partial charge on any atom is -0.504 e. The number of nitrogens with zero attached hydrogens (tertiary/aromatic N) is 1. The summed E-state index contributed by atoms with van der Waals surface area (Å²) in [6.45, 7) is 0. The standard InChI is InChI=1S/C7H7NO5/c1-13-7-3-5(9)4(8(11)12)2-6(7)10/h2-3,9-10H,1H3. The number of benzene rings is 1. The zero-order valence-electron chi connectivity index (χ0n) is 6.72. The van der Waals surface area contributed by atoms with Gasteiger partial charge in [0.05, 0.1) is 18.1 Å². The van der Waals surface area contributed by atoms with Crippen LogP contribution in [0.5, 0.6) is 17.2 Å². The Labute approximate surface area is 73.2 Å². The van der Waals surface area contributed by atoms with Crippen LogP contribution in [-0.2, 0) is 0 Å². The van der Waals surface area contributed by atoms with Crippen molar-refractivity contribution in [2.75, 3.05) is 7.11 Å². The van der Waals surface area contributed by atoms with Crippen molar-refractivity contribution in [2.45, 2.75) is 0 Å². The van der Waals surface area contributed by atoms with Gasteiger partial charge in [-0.05, 0) is 0 Å². The smallest absolute Gasteiger partial charge is 0.314 e. The Hall–Kier alpha value is -1.98. The Morgan fingerprint density at radius 1 is 1.38 bits per heavy atom. The number of rotatable bonds is 2. The number of hydrogen-bond acceptors (Lipinski definition) is 5. The van der Waals surface area contributed by atoms with Gasteiger partial charge in [-0.1, -0.05) is 0 Å². The molecule has 6 heteroatoms. The molecule has 0 atom stereocenters. The number of phenols is 2. The molecule has 6 nitrogen and oxygen atoms in total. The molecule has 0 amide bonds. The summed E-state index contributed by atoms with van der Waals surface area (Å²) in [5.74, 6) is -0.935. The van der Waals surface area contributed by atoms with Gasteiger partial charge in [0, 0.05) is 6.07 Å². The maximum atomic E-state index is 10.3. The van der Waals surface area contributed by atoms with Gasteiger partial charge in [0.1, 0.15) is 0 Å². The molecule has 13 heavy (non-hydrogen) atoms. The fourth-order valence-electron chi connectivity index (χ4n) is 0.856. The number of ether oxygens (including phenoxy) is 1. The Morgan fingerprint density at radius 2 is 2.00 bits per heavy atom. The van der Waals surface area contributed by atoms with E-state index < -0.39 is 16.4 Å².